The number of nitrogens with zero attached hydrogens (tertiary/aromatic N) is 3. The molecule has 5 rings (SSSR count). The number of methoxy groups -OCH3 is 1. The molecule has 0 saturated carbocycles. The SMILES string of the molecule is COc1cc2c(Oc3ccc(N(C(=O)C(N)=O)c4ccccc4)cc3F)ccnc2cc1OCC1CCN(C)CC1. The van der Waals surface area contributed by atoms with E-state index in [-0.39, 0.29) is 11.4 Å². The van der Waals surface area contributed by atoms with Crippen LogP contribution in [0.25, 0.3) is 10.9 Å². The summed E-state index contributed by atoms with van der Waals surface area (Å²) in [5.41, 5.74) is 6.34. The minimum absolute atomic E-state index is 0.0812. The highest BCUT2D eigenvalue weighted by Crippen LogP contribution is 2.39. The van der Waals surface area contributed by atoms with E-state index in [1.54, 1.807) is 61.8 Å². The molecule has 2 amide bonds. The molecule has 0 unspecified atom stereocenters. The summed E-state index contributed by atoms with van der Waals surface area (Å²) in [5, 5.41) is 0.606. The molecule has 9 nitrogen and oxygen atoms in total. The first kappa shape index (κ1) is 27.9. The summed E-state index contributed by atoms with van der Waals surface area (Å²) in [4.78, 5) is 32.1. The fourth-order valence-electron chi connectivity index (χ4n) is 4.83. The molecule has 1 aliphatic rings. The quantitative estimate of drug-likeness (QED) is 0.302. The summed E-state index contributed by atoms with van der Waals surface area (Å²) in [6.45, 7) is 2.69. The lowest BCUT2D eigenvalue weighted by atomic mass is 9.98. The van der Waals surface area contributed by atoms with Gasteiger partial charge in [-0.3, -0.25) is 19.5 Å². The van der Waals surface area contributed by atoms with Gasteiger partial charge < -0.3 is 24.8 Å². The van der Waals surface area contributed by atoms with Crippen LogP contribution >= 0.6 is 0 Å². The molecule has 1 saturated heterocycles. The second kappa shape index (κ2) is 12.2. The molecule has 3 aromatic carbocycles. The van der Waals surface area contributed by atoms with Gasteiger partial charge in [-0.05, 0) is 75.3 Å². The van der Waals surface area contributed by atoms with E-state index in [4.69, 9.17) is 19.9 Å². The second-order valence-electron chi connectivity index (χ2n) is 9.94. The van der Waals surface area contributed by atoms with E-state index < -0.39 is 17.6 Å². The Balaban J connectivity index is 1.40. The third-order valence-electron chi connectivity index (χ3n) is 7.12. The highest BCUT2D eigenvalue weighted by molar-refractivity contribution is 6.41. The maximum Gasteiger partial charge on any atom is 0.320 e. The van der Waals surface area contributed by atoms with E-state index in [9.17, 15) is 9.59 Å². The van der Waals surface area contributed by atoms with Crippen molar-refractivity contribution in [2.24, 2.45) is 11.7 Å². The van der Waals surface area contributed by atoms with Crippen LogP contribution in [-0.2, 0) is 9.59 Å². The summed E-state index contributed by atoms with van der Waals surface area (Å²) in [7, 11) is 3.68. The molecule has 2 N–H and O–H groups in total. The van der Waals surface area contributed by atoms with Crippen molar-refractivity contribution >= 4 is 34.1 Å². The highest BCUT2D eigenvalue weighted by Gasteiger charge is 2.24. The standard InChI is InChI=1S/C31H31FN4O5/c1-35-14-11-20(12-15-35)19-40-29-18-25-23(17-28(29)39-2)26(10-13-34-25)41-27-9-8-22(16-24(27)32)36(31(38)30(33)37)21-6-4-3-5-7-21/h3-10,13,16-18,20H,11-12,14-15,19H2,1-2H3,(H2,33,37). The van der Waals surface area contributed by atoms with Gasteiger partial charge in [0.25, 0.3) is 0 Å². The number of carbonyl (C=O) groups is 2. The number of para-hydroxylation sites is 1. The van der Waals surface area contributed by atoms with Crippen LogP contribution < -0.4 is 24.8 Å². The van der Waals surface area contributed by atoms with E-state index in [1.165, 1.54) is 12.1 Å². The van der Waals surface area contributed by atoms with E-state index >= 15 is 4.39 Å². The summed E-state index contributed by atoms with van der Waals surface area (Å²) >= 11 is 0. The van der Waals surface area contributed by atoms with Gasteiger partial charge in [0.1, 0.15) is 5.75 Å². The van der Waals surface area contributed by atoms with Crippen molar-refractivity contribution in [2.45, 2.75) is 12.8 Å². The molecular weight excluding hydrogens is 527 g/mol. The Morgan fingerprint density at radius 3 is 2.41 bits per heavy atom. The number of fused-ring (bicyclic) bond motifs is 1. The Morgan fingerprint density at radius 1 is 0.976 bits per heavy atom. The van der Waals surface area contributed by atoms with Gasteiger partial charge in [-0.1, -0.05) is 18.2 Å². The average molecular weight is 559 g/mol. The molecule has 0 bridgehead atoms. The van der Waals surface area contributed by atoms with Gasteiger partial charge in [-0.2, -0.15) is 0 Å². The van der Waals surface area contributed by atoms with Gasteiger partial charge in [0.2, 0.25) is 0 Å². The molecule has 1 aromatic heterocycles. The van der Waals surface area contributed by atoms with Gasteiger partial charge in [-0.15, -0.1) is 0 Å². The number of nitrogens with two attached hydrogens (primary N) is 1. The first-order valence-electron chi connectivity index (χ1n) is 13.3. The number of hydrogen-bond acceptors (Lipinski definition) is 7. The Morgan fingerprint density at radius 2 is 1.73 bits per heavy atom. The highest BCUT2D eigenvalue weighted by atomic mass is 19.1. The maximum atomic E-state index is 15.3. The van der Waals surface area contributed by atoms with Gasteiger partial charge >= 0.3 is 11.8 Å². The number of rotatable bonds is 8. The lowest BCUT2D eigenvalue weighted by Crippen LogP contribution is -2.37. The van der Waals surface area contributed by atoms with Gasteiger partial charge in [0.15, 0.2) is 23.1 Å². The molecule has 0 atom stereocenters. The smallest absolute Gasteiger partial charge is 0.320 e. The predicted molar refractivity (Wildman–Crippen MR) is 153 cm³/mol. The van der Waals surface area contributed by atoms with Gasteiger partial charge in [-0.25, -0.2) is 4.39 Å². The minimum Gasteiger partial charge on any atom is -0.493 e. The maximum absolute atomic E-state index is 15.3. The summed E-state index contributed by atoms with van der Waals surface area (Å²) in [5.74, 6) is -1.06. The van der Waals surface area contributed by atoms with Crippen molar-refractivity contribution < 1.29 is 28.2 Å². The fraction of sp³-hybridized carbons (Fsp3) is 0.258. The van der Waals surface area contributed by atoms with Crippen molar-refractivity contribution in [3.8, 4) is 23.0 Å². The van der Waals surface area contributed by atoms with Crippen LogP contribution in [0.3, 0.4) is 0 Å². The number of benzene rings is 3. The van der Waals surface area contributed by atoms with Crippen LogP contribution in [0.15, 0.2) is 72.9 Å². The molecule has 0 aliphatic carbocycles. The van der Waals surface area contributed by atoms with E-state index in [0.717, 1.165) is 36.9 Å². The molecule has 0 radical (unpaired) electrons. The number of ether oxygens (including phenoxy) is 3. The lowest BCUT2D eigenvalue weighted by Gasteiger charge is -2.28. The van der Waals surface area contributed by atoms with Crippen LogP contribution in [0.2, 0.25) is 0 Å². The molecule has 212 valence electrons. The topological polar surface area (TPSA) is 107 Å². The summed E-state index contributed by atoms with van der Waals surface area (Å²) < 4.78 is 33.1. The average Bonchev–Trinajstić information content (AvgIpc) is 2.98. The first-order valence-corrected chi connectivity index (χ1v) is 13.3. The Bertz CT molecular complexity index is 1560. The zero-order valence-electron chi connectivity index (χ0n) is 22.9. The Kier molecular flexibility index (Phi) is 8.30. The van der Waals surface area contributed by atoms with Crippen molar-refractivity contribution in [3.05, 3.63) is 78.7 Å². The summed E-state index contributed by atoms with van der Waals surface area (Å²) in [6, 6.07) is 17.5. The predicted octanol–water partition coefficient (Wildman–Crippen LogP) is 5.05. The number of piperidine rings is 1. The van der Waals surface area contributed by atoms with Gasteiger partial charge in [0, 0.05) is 29.4 Å². The fourth-order valence-corrected chi connectivity index (χ4v) is 4.83. The lowest BCUT2D eigenvalue weighted by molar-refractivity contribution is -0.135. The zero-order valence-corrected chi connectivity index (χ0v) is 22.9. The number of likely N-dealkylation sites (tertiary alicyclic amines) is 1. The van der Waals surface area contributed by atoms with Crippen LogP contribution in [0.4, 0.5) is 15.8 Å². The van der Waals surface area contributed by atoms with E-state index in [1.807, 2.05) is 0 Å². The number of amides is 2. The minimum atomic E-state index is -1.17. The number of hydrogen-bond donors (Lipinski definition) is 1. The number of aromatic nitrogens is 1. The van der Waals surface area contributed by atoms with Crippen molar-refractivity contribution in [2.75, 3.05) is 38.8 Å². The molecule has 1 fully saturated rings. The number of primary amides is 1. The first-order chi connectivity index (χ1) is 19.8. The third-order valence-corrected chi connectivity index (χ3v) is 7.12. The monoisotopic (exact) mass is 558 g/mol. The molecular formula is C31H31FN4O5. The molecule has 0 spiro atoms. The molecule has 2 heterocycles. The van der Waals surface area contributed by atoms with E-state index in [2.05, 4.69) is 16.9 Å². The number of halogens is 1. The largest absolute Gasteiger partial charge is 0.493 e. The molecule has 41 heavy (non-hydrogen) atoms. The Hall–Kier alpha value is -4.70. The molecule has 10 heteroatoms. The van der Waals surface area contributed by atoms with Crippen LogP contribution in [0, 0.1) is 11.7 Å². The van der Waals surface area contributed by atoms with Gasteiger partial charge in [0.05, 0.1) is 24.9 Å². The molecule has 1 aliphatic heterocycles. The van der Waals surface area contributed by atoms with Crippen molar-refractivity contribution in [1.82, 2.24) is 9.88 Å². The van der Waals surface area contributed by atoms with Crippen molar-refractivity contribution in [3.63, 3.8) is 0 Å². The Labute approximate surface area is 237 Å². The van der Waals surface area contributed by atoms with Crippen LogP contribution in [-0.4, -0.2) is 55.6 Å². The van der Waals surface area contributed by atoms with Crippen LogP contribution in [0.1, 0.15) is 12.8 Å². The third kappa shape index (κ3) is 6.22. The molecule has 4 aromatic rings. The van der Waals surface area contributed by atoms with Crippen LogP contribution in [0.5, 0.6) is 23.0 Å². The summed E-state index contributed by atoms with van der Waals surface area (Å²) in [6.07, 6.45) is 3.72. The normalized spacial score (nSPS) is 14.0. The number of pyridine rings is 1. The number of carbonyl (C=O) groups excluding carboxylic acids is 2. The van der Waals surface area contributed by atoms with E-state index in [0.29, 0.717) is 46.4 Å². The second-order valence-corrected chi connectivity index (χ2v) is 9.94. The zero-order chi connectivity index (χ0) is 28.9. The number of anilines is 2. The van der Waals surface area contributed by atoms with Crippen molar-refractivity contribution in [1.29, 1.82) is 0 Å².